The second-order valence-corrected chi connectivity index (χ2v) is 6.64. The van der Waals surface area contributed by atoms with Gasteiger partial charge in [-0.1, -0.05) is 41.9 Å². The number of amides is 1. The van der Waals surface area contributed by atoms with Crippen LogP contribution in [0.2, 0.25) is 0 Å². The summed E-state index contributed by atoms with van der Waals surface area (Å²) in [7, 11) is 0. The maximum Gasteiger partial charge on any atom is 0.247 e. The first kappa shape index (κ1) is 16.2. The van der Waals surface area contributed by atoms with Gasteiger partial charge in [-0.2, -0.15) is 0 Å². The quantitative estimate of drug-likeness (QED) is 0.776. The monoisotopic (exact) mass is 351 g/mol. The van der Waals surface area contributed by atoms with Crippen molar-refractivity contribution in [3.05, 3.63) is 40.4 Å². The fraction of sp³-hybridized carbons (Fsp3) is 0.471. The van der Waals surface area contributed by atoms with E-state index in [-0.39, 0.29) is 12.0 Å². The number of halogens is 1. The number of allylic oxidation sites excluding steroid dienone is 1. The molecule has 1 aliphatic rings. The average Bonchev–Trinajstić information content (AvgIpc) is 2.45. The Kier molecular flexibility index (Phi) is 5.59. The lowest BCUT2D eigenvalue weighted by Gasteiger charge is -2.30. The minimum atomic E-state index is 0.0803. The van der Waals surface area contributed by atoms with Gasteiger partial charge in [0.1, 0.15) is 0 Å². The van der Waals surface area contributed by atoms with Crippen LogP contribution in [0.4, 0.5) is 0 Å². The Morgan fingerprint density at radius 1 is 1.38 bits per heavy atom. The van der Waals surface area contributed by atoms with Crippen molar-refractivity contribution in [1.29, 1.82) is 0 Å². The van der Waals surface area contributed by atoms with Crippen molar-refractivity contribution in [2.45, 2.75) is 26.9 Å². The molecule has 0 radical (unpaired) electrons. The number of hydrogen-bond acceptors (Lipinski definition) is 2. The van der Waals surface area contributed by atoms with Gasteiger partial charge in [0, 0.05) is 23.6 Å². The van der Waals surface area contributed by atoms with Crippen molar-refractivity contribution >= 4 is 27.4 Å². The zero-order valence-corrected chi connectivity index (χ0v) is 14.4. The first-order chi connectivity index (χ1) is 9.97. The van der Waals surface area contributed by atoms with Gasteiger partial charge in [-0.25, -0.2) is 0 Å². The van der Waals surface area contributed by atoms with Crippen LogP contribution in [0, 0.1) is 5.92 Å². The Morgan fingerprint density at radius 3 is 2.62 bits per heavy atom. The highest BCUT2D eigenvalue weighted by molar-refractivity contribution is 9.10. The molecular weight excluding hydrogens is 330 g/mol. The molecule has 0 spiro atoms. The van der Waals surface area contributed by atoms with Gasteiger partial charge >= 0.3 is 0 Å². The largest absolute Gasteiger partial charge is 0.375 e. The number of morpholine rings is 1. The SMILES string of the molecule is CC1CN(C(=O)/C=C(/c2ccc(Br)cc2)C(C)C)CCO1. The highest BCUT2D eigenvalue weighted by atomic mass is 79.9. The smallest absolute Gasteiger partial charge is 0.247 e. The van der Waals surface area contributed by atoms with Crippen molar-refractivity contribution < 1.29 is 9.53 Å². The molecule has 1 aromatic rings. The number of hydrogen-bond donors (Lipinski definition) is 0. The van der Waals surface area contributed by atoms with Crippen LogP contribution in [0.1, 0.15) is 26.3 Å². The number of rotatable bonds is 3. The maximum absolute atomic E-state index is 12.5. The molecule has 1 saturated heterocycles. The number of carbonyl (C=O) groups is 1. The Bertz CT molecular complexity index is 522. The average molecular weight is 352 g/mol. The third kappa shape index (κ3) is 4.42. The molecule has 1 aliphatic heterocycles. The van der Waals surface area contributed by atoms with Crippen LogP contribution in [0.5, 0.6) is 0 Å². The minimum absolute atomic E-state index is 0.0803. The molecule has 0 aliphatic carbocycles. The van der Waals surface area contributed by atoms with Crippen molar-refractivity contribution in [3.8, 4) is 0 Å². The Labute approximate surface area is 135 Å². The first-order valence-corrected chi connectivity index (χ1v) is 8.14. The van der Waals surface area contributed by atoms with E-state index in [1.807, 2.05) is 36.1 Å². The van der Waals surface area contributed by atoms with Gasteiger partial charge in [0.2, 0.25) is 5.91 Å². The van der Waals surface area contributed by atoms with E-state index in [0.29, 0.717) is 25.6 Å². The van der Waals surface area contributed by atoms with E-state index < -0.39 is 0 Å². The summed E-state index contributed by atoms with van der Waals surface area (Å²) >= 11 is 3.44. The molecule has 21 heavy (non-hydrogen) atoms. The van der Waals surface area contributed by atoms with Gasteiger partial charge < -0.3 is 9.64 Å². The summed E-state index contributed by atoms with van der Waals surface area (Å²) in [5.74, 6) is 0.380. The predicted molar refractivity (Wildman–Crippen MR) is 89.0 cm³/mol. The topological polar surface area (TPSA) is 29.5 Å². The third-order valence-electron chi connectivity index (χ3n) is 3.63. The summed E-state index contributed by atoms with van der Waals surface area (Å²) in [6, 6.07) is 8.11. The molecule has 1 fully saturated rings. The summed E-state index contributed by atoms with van der Waals surface area (Å²) in [6.07, 6.45) is 1.90. The highest BCUT2D eigenvalue weighted by Crippen LogP contribution is 2.25. The molecular formula is C17H22BrNO2. The molecule has 0 aromatic heterocycles. The Morgan fingerprint density at radius 2 is 2.05 bits per heavy atom. The van der Waals surface area contributed by atoms with E-state index in [1.165, 1.54) is 0 Å². The summed E-state index contributed by atoms with van der Waals surface area (Å²) in [6.45, 7) is 8.19. The predicted octanol–water partition coefficient (Wildman–Crippen LogP) is 3.74. The molecule has 1 unspecified atom stereocenters. The minimum Gasteiger partial charge on any atom is -0.375 e. The lowest BCUT2D eigenvalue weighted by molar-refractivity contribution is -0.132. The van der Waals surface area contributed by atoms with E-state index in [0.717, 1.165) is 15.6 Å². The molecule has 0 N–H and O–H groups in total. The summed E-state index contributed by atoms with van der Waals surface area (Å²) in [5, 5.41) is 0. The van der Waals surface area contributed by atoms with E-state index in [2.05, 4.69) is 29.8 Å². The van der Waals surface area contributed by atoms with Crippen LogP contribution in [0.3, 0.4) is 0 Å². The van der Waals surface area contributed by atoms with Crippen LogP contribution < -0.4 is 0 Å². The first-order valence-electron chi connectivity index (χ1n) is 7.35. The normalized spacial score (nSPS) is 20.0. The Balaban J connectivity index is 2.20. The van der Waals surface area contributed by atoms with Crippen LogP contribution in [-0.2, 0) is 9.53 Å². The second kappa shape index (κ2) is 7.23. The van der Waals surface area contributed by atoms with Crippen LogP contribution in [-0.4, -0.2) is 36.6 Å². The number of nitrogens with zero attached hydrogens (tertiary/aromatic N) is 1. The van der Waals surface area contributed by atoms with E-state index in [1.54, 1.807) is 6.08 Å². The van der Waals surface area contributed by atoms with Crippen LogP contribution >= 0.6 is 15.9 Å². The molecule has 1 heterocycles. The molecule has 0 bridgehead atoms. The van der Waals surface area contributed by atoms with Crippen molar-refractivity contribution in [2.75, 3.05) is 19.7 Å². The third-order valence-corrected chi connectivity index (χ3v) is 4.16. The molecule has 1 amide bonds. The lowest BCUT2D eigenvalue weighted by atomic mass is 9.95. The summed E-state index contributed by atoms with van der Waals surface area (Å²) < 4.78 is 6.53. The Hall–Kier alpha value is -1.13. The van der Waals surface area contributed by atoms with Gasteiger partial charge in [0.15, 0.2) is 0 Å². The zero-order chi connectivity index (χ0) is 15.4. The van der Waals surface area contributed by atoms with E-state index in [9.17, 15) is 4.79 Å². The summed E-state index contributed by atoms with van der Waals surface area (Å²) in [5.41, 5.74) is 2.18. The van der Waals surface area contributed by atoms with Crippen LogP contribution in [0.25, 0.3) is 5.57 Å². The highest BCUT2D eigenvalue weighted by Gasteiger charge is 2.21. The van der Waals surface area contributed by atoms with Gasteiger partial charge in [0.05, 0.1) is 12.7 Å². The standard InChI is InChI=1S/C17H22BrNO2/c1-12(2)16(14-4-6-15(18)7-5-14)10-17(20)19-8-9-21-13(3)11-19/h4-7,10,12-13H,8-9,11H2,1-3H3/b16-10+. The molecule has 2 rings (SSSR count). The lowest BCUT2D eigenvalue weighted by Crippen LogP contribution is -2.44. The molecule has 0 saturated carbocycles. The van der Waals surface area contributed by atoms with Gasteiger partial charge in [-0.3, -0.25) is 4.79 Å². The van der Waals surface area contributed by atoms with Crippen molar-refractivity contribution in [3.63, 3.8) is 0 Å². The number of benzene rings is 1. The van der Waals surface area contributed by atoms with E-state index in [4.69, 9.17) is 4.74 Å². The molecule has 1 atom stereocenters. The number of ether oxygens (including phenoxy) is 1. The fourth-order valence-electron chi connectivity index (χ4n) is 2.47. The van der Waals surface area contributed by atoms with Gasteiger partial charge in [-0.05, 0) is 36.1 Å². The van der Waals surface area contributed by atoms with Crippen molar-refractivity contribution in [2.24, 2.45) is 5.92 Å². The van der Waals surface area contributed by atoms with Crippen molar-refractivity contribution in [1.82, 2.24) is 4.90 Å². The molecule has 3 nitrogen and oxygen atoms in total. The van der Waals surface area contributed by atoms with Gasteiger partial charge in [-0.15, -0.1) is 0 Å². The fourth-order valence-corrected chi connectivity index (χ4v) is 2.73. The summed E-state index contributed by atoms with van der Waals surface area (Å²) in [4.78, 5) is 14.4. The second-order valence-electron chi connectivity index (χ2n) is 5.73. The van der Waals surface area contributed by atoms with E-state index >= 15 is 0 Å². The zero-order valence-electron chi connectivity index (χ0n) is 12.8. The molecule has 1 aromatic carbocycles. The molecule has 114 valence electrons. The maximum atomic E-state index is 12.5. The van der Waals surface area contributed by atoms with Gasteiger partial charge in [0.25, 0.3) is 0 Å². The molecule has 4 heteroatoms. The number of carbonyl (C=O) groups excluding carboxylic acids is 1. The van der Waals surface area contributed by atoms with Crippen LogP contribution in [0.15, 0.2) is 34.8 Å².